The molecule has 2 aromatic rings. The number of amides is 1. The van der Waals surface area contributed by atoms with Crippen molar-refractivity contribution in [1.82, 2.24) is 15.5 Å². The summed E-state index contributed by atoms with van der Waals surface area (Å²) in [6.07, 6.45) is 0. The normalized spacial score (nSPS) is 28.9. The van der Waals surface area contributed by atoms with Crippen LogP contribution in [0.2, 0.25) is 0 Å². The number of hydrogen-bond donors (Lipinski definition) is 3. The molecule has 4 rings (SSSR count). The van der Waals surface area contributed by atoms with Gasteiger partial charge in [0, 0.05) is 24.5 Å². The lowest BCUT2D eigenvalue weighted by Gasteiger charge is -2.34. The number of para-hydroxylation sites is 1. The average Bonchev–Trinajstić information content (AvgIpc) is 2.89. The van der Waals surface area contributed by atoms with E-state index in [4.69, 9.17) is 16.1 Å². The number of fused-ring (bicyclic) bond motifs is 2. The molecule has 0 spiro atoms. The number of hydrogen-bond acceptors (Lipinski definition) is 6. The molecule has 1 saturated heterocycles. The van der Waals surface area contributed by atoms with Gasteiger partial charge < -0.3 is 15.6 Å². The highest BCUT2D eigenvalue weighted by molar-refractivity contribution is 5.87. The minimum atomic E-state index is -0.962. The Morgan fingerprint density at radius 2 is 2.29 bits per heavy atom. The van der Waals surface area contributed by atoms with Crippen molar-refractivity contribution < 1.29 is 13.7 Å². The fraction of sp³-hybridized carbons (Fsp3) is 0.500. The van der Waals surface area contributed by atoms with Crippen molar-refractivity contribution in [2.24, 2.45) is 23.4 Å². The lowest BCUT2D eigenvalue weighted by atomic mass is 9.95. The Bertz CT molecular complexity index is 835. The molecular weight excluding hydrogens is 313 g/mol. The maximum absolute atomic E-state index is 13.8. The van der Waals surface area contributed by atoms with Crippen LogP contribution in [0.1, 0.15) is 19.5 Å². The van der Waals surface area contributed by atoms with E-state index in [0.29, 0.717) is 17.6 Å². The smallest absolute Gasteiger partial charge is 0.242 e. The number of nitrogens with zero attached hydrogens (tertiary/aromatic N) is 2. The van der Waals surface area contributed by atoms with Gasteiger partial charge in [-0.05, 0) is 26.0 Å². The number of benzene rings is 1. The molecule has 2 fully saturated rings. The van der Waals surface area contributed by atoms with E-state index in [1.165, 1.54) is 6.07 Å². The van der Waals surface area contributed by atoms with E-state index in [2.05, 4.69) is 10.5 Å². The van der Waals surface area contributed by atoms with Crippen LogP contribution in [0.5, 0.6) is 0 Å². The highest BCUT2D eigenvalue weighted by atomic mass is 19.1. The molecule has 8 heteroatoms. The van der Waals surface area contributed by atoms with Gasteiger partial charge in [-0.2, -0.15) is 0 Å². The SMILES string of the molecule is CC(C)(c1noc2c(F)cccc12)N(N)C(=O)[C@H]1[C@@H]2CNC[C@@]21N. The Morgan fingerprint density at radius 1 is 1.54 bits per heavy atom. The van der Waals surface area contributed by atoms with Crippen LogP contribution < -0.4 is 16.9 Å². The van der Waals surface area contributed by atoms with E-state index < -0.39 is 16.9 Å². The van der Waals surface area contributed by atoms with Gasteiger partial charge in [-0.15, -0.1) is 0 Å². The summed E-state index contributed by atoms with van der Waals surface area (Å²) in [6.45, 7) is 4.85. The van der Waals surface area contributed by atoms with Gasteiger partial charge in [0.15, 0.2) is 5.82 Å². The summed E-state index contributed by atoms with van der Waals surface area (Å²) in [5.41, 5.74) is 5.26. The third kappa shape index (κ3) is 1.87. The highest BCUT2D eigenvalue weighted by Gasteiger charge is 2.69. The van der Waals surface area contributed by atoms with Crippen molar-refractivity contribution in [3.8, 4) is 0 Å². The van der Waals surface area contributed by atoms with Crippen molar-refractivity contribution in [3.63, 3.8) is 0 Å². The molecule has 1 saturated carbocycles. The number of halogens is 1. The molecule has 2 aliphatic rings. The topological polar surface area (TPSA) is 110 Å². The molecule has 0 bridgehead atoms. The minimum absolute atomic E-state index is 0.0595. The average molecular weight is 333 g/mol. The monoisotopic (exact) mass is 333 g/mol. The van der Waals surface area contributed by atoms with Crippen molar-refractivity contribution in [3.05, 3.63) is 29.7 Å². The van der Waals surface area contributed by atoms with Gasteiger partial charge in [0.25, 0.3) is 0 Å². The molecule has 5 N–H and O–H groups in total. The van der Waals surface area contributed by atoms with E-state index >= 15 is 0 Å². The lowest BCUT2D eigenvalue weighted by Crippen LogP contribution is -2.53. The van der Waals surface area contributed by atoms with E-state index in [0.717, 1.165) is 11.6 Å². The first-order valence-electron chi connectivity index (χ1n) is 7.91. The van der Waals surface area contributed by atoms with Crippen LogP contribution >= 0.6 is 0 Å². The number of aromatic nitrogens is 1. The van der Waals surface area contributed by atoms with E-state index in [9.17, 15) is 9.18 Å². The van der Waals surface area contributed by atoms with Gasteiger partial charge in [0.1, 0.15) is 5.69 Å². The van der Waals surface area contributed by atoms with Gasteiger partial charge in [-0.1, -0.05) is 11.2 Å². The largest absolute Gasteiger partial charge is 0.353 e. The summed E-state index contributed by atoms with van der Waals surface area (Å²) in [7, 11) is 0. The zero-order valence-electron chi connectivity index (χ0n) is 13.5. The van der Waals surface area contributed by atoms with Gasteiger partial charge in [0.05, 0.1) is 16.8 Å². The second-order valence-electron chi connectivity index (χ2n) is 7.24. The molecule has 1 aromatic heterocycles. The van der Waals surface area contributed by atoms with Gasteiger partial charge in [-0.3, -0.25) is 9.80 Å². The molecule has 7 nitrogen and oxygen atoms in total. The molecule has 2 heterocycles. The van der Waals surface area contributed by atoms with E-state index in [-0.39, 0.29) is 23.3 Å². The molecule has 0 unspecified atom stereocenters. The van der Waals surface area contributed by atoms with Crippen molar-refractivity contribution >= 4 is 16.9 Å². The number of piperidine rings is 1. The van der Waals surface area contributed by atoms with E-state index in [1.807, 2.05) is 0 Å². The van der Waals surface area contributed by atoms with Crippen LogP contribution in [0.15, 0.2) is 22.7 Å². The molecule has 0 radical (unpaired) electrons. The highest BCUT2D eigenvalue weighted by Crippen LogP contribution is 2.52. The van der Waals surface area contributed by atoms with Crippen LogP contribution in [0.25, 0.3) is 11.0 Å². The van der Waals surface area contributed by atoms with Crippen LogP contribution in [0.4, 0.5) is 4.39 Å². The number of carbonyl (C=O) groups excluding carboxylic acids is 1. The first kappa shape index (κ1) is 15.5. The van der Waals surface area contributed by atoms with Gasteiger partial charge in [-0.25, -0.2) is 10.2 Å². The minimum Gasteiger partial charge on any atom is -0.353 e. The number of nitrogens with one attached hydrogen (secondary N) is 1. The maximum Gasteiger partial charge on any atom is 0.242 e. The van der Waals surface area contributed by atoms with Crippen molar-refractivity contribution in [2.75, 3.05) is 13.1 Å². The molecule has 1 amide bonds. The van der Waals surface area contributed by atoms with Crippen LogP contribution in [0, 0.1) is 17.7 Å². The van der Waals surface area contributed by atoms with E-state index in [1.54, 1.807) is 26.0 Å². The Hall–Kier alpha value is -2.03. The molecule has 24 heavy (non-hydrogen) atoms. The zero-order valence-corrected chi connectivity index (χ0v) is 13.5. The summed E-state index contributed by atoms with van der Waals surface area (Å²) < 4.78 is 18.9. The Kier molecular flexibility index (Phi) is 3.07. The number of carbonyl (C=O) groups is 1. The van der Waals surface area contributed by atoms with Crippen LogP contribution in [-0.4, -0.2) is 34.7 Å². The van der Waals surface area contributed by atoms with Crippen molar-refractivity contribution in [2.45, 2.75) is 24.9 Å². The maximum atomic E-state index is 13.8. The lowest BCUT2D eigenvalue weighted by molar-refractivity contribution is -0.139. The summed E-state index contributed by atoms with van der Waals surface area (Å²) in [5, 5.41) is 8.81. The first-order chi connectivity index (χ1) is 11.3. The van der Waals surface area contributed by atoms with Crippen molar-refractivity contribution in [1.29, 1.82) is 0 Å². The van der Waals surface area contributed by atoms with Crippen LogP contribution in [-0.2, 0) is 10.3 Å². The predicted octanol–water partition coefficient (Wildman–Crippen LogP) is 0.451. The molecule has 128 valence electrons. The summed E-state index contributed by atoms with van der Waals surface area (Å²) in [5.74, 6) is 5.25. The van der Waals surface area contributed by atoms with Crippen LogP contribution in [0.3, 0.4) is 0 Å². The predicted molar refractivity (Wildman–Crippen MR) is 84.8 cm³/mol. The third-order valence-electron chi connectivity index (χ3n) is 5.49. The van der Waals surface area contributed by atoms with Gasteiger partial charge >= 0.3 is 0 Å². The fourth-order valence-electron chi connectivity index (χ4n) is 3.84. The molecule has 1 aliphatic heterocycles. The Balaban J connectivity index is 1.66. The molecule has 1 aromatic carbocycles. The first-order valence-corrected chi connectivity index (χ1v) is 7.91. The second-order valence-corrected chi connectivity index (χ2v) is 7.24. The standard InChI is InChI=1S/C16H20FN5O2/c1-15(2,13-8-4-3-5-10(17)12(8)24-21-13)22(19)14(23)11-9-6-20-7-16(9,11)18/h3-5,9,11,20H,6-7,18-19H2,1-2H3/t9-,11+,16+/m0/s1. The van der Waals surface area contributed by atoms with Gasteiger partial charge in [0.2, 0.25) is 11.5 Å². The zero-order chi connectivity index (χ0) is 17.3. The Labute approximate surface area is 138 Å². The number of hydrazine groups is 1. The fourth-order valence-corrected chi connectivity index (χ4v) is 3.84. The summed E-state index contributed by atoms with van der Waals surface area (Å²) in [6, 6.07) is 4.57. The molecule has 3 atom stereocenters. The summed E-state index contributed by atoms with van der Waals surface area (Å²) in [4.78, 5) is 12.8. The quantitative estimate of drug-likeness (QED) is 0.427. The molecular formula is C16H20FN5O2. The number of rotatable bonds is 3. The Morgan fingerprint density at radius 3 is 2.96 bits per heavy atom. The molecule has 1 aliphatic carbocycles. The second kappa shape index (κ2) is 4.75. The third-order valence-corrected chi connectivity index (χ3v) is 5.49. The summed E-state index contributed by atoms with van der Waals surface area (Å²) >= 11 is 0. The number of nitrogens with two attached hydrogens (primary N) is 2.